The summed E-state index contributed by atoms with van der Waals surface area (Å²) in [6.07, 6.45) is 0. The highest BCUT2D eigenvalue weighted by atomic mass is 16.5. The Labute approximate surface area is 163 Å². The third kappa shape index (κ3) is 2.95. The van der Waals surface area contributed by atoms with Gasteiger partial charge in [-0.1, -0.05) is 24.3 Å². The highest BCUT2D eigenvalue weighted by molar-refractivity contribution is 5.85. The van der Waals surface area contributed by atoms with E-state index >= 15 is 0 Å². The van der Waals surface area contributed by atoms with Crippen LogP contribution < -0.4 is 14.2 Å². The van der Waals surface area contributed by atoms with Gasteiger partial charge in [-0.3, -0.25) is 0 Å². The van der Waals surface area contributed by atoms with Gasteiger partial charge >= 0.3 is 0 Å². The molecule has 4 aromatic rings. The van der Waals surface area contributed by atoms with Crippen LogP contribution in [0.3, 0.4) is 0 Å². The van der Waals surface area contributed by atoms with Crippen molar-refractivity contribution in [3.63, 3.8) is 0 Å². The molecule has 1 heterocycles. The zero-order valence-electron chi connectivity index (χ0n) is 16.3. The van der Waals surface area contributed by atoms with E-state index in [4.69, 9.17) is 18.6 Å². The maximum atomic E-state index is 6.06. The predicted molar refractivity (Wildman–Crippen MR) is 109 cm³/mol. The van der Waals surface area contributed by atoms with E-state index in [9.17, 15) is 0 Å². The van der Waals surface area contributed by atoms with E-state index in [2.05, 4.69) is 4.98 Å². The quantitative estimate of drug-likeness (QED) is 0.461. The summed E-state index contributed by atoms with van der Waals surface area (Å²) in [6, 6.07) is 17.8. The van der Waals surface area contributed by atoms with E-state index < -0.39 is 0 Å². The van der Waals surface area contributed by atoms with Gasteiger partial charge in [-0.05, 0) is 48.4 Å². The van der Waals surface area contributed by atoms with Crippen molar-refractivity contribution in [3.05, 3.63) is 60.2 Å². The third-order valence-electron chi connectivity index (χ3n) is 4.78. The SMILES string of the molecule is COc1ccc(-c2ccc3nc(-c4ccccc4C)oc3c2)c(OC)c1OC. The van der Waals surface area contributed by atoms with Gasteiger partial charge in [0.25, 0.3) is 0 Å². The number of ether oxygens (including phenoxy) is 3. The zero-order valence-corrected chi connectivity index (χ0v) is 16.3. The first-order chi connectivity index (χ1) is 13.7. The van der Waals surface area contributed by atoms with Crippen molar-refractivity contribution in [2.75, 3.05) is 21.3 Å². The summed E-state index contributed by atoms with van der Waals surface area (Å²) in [5.41, 5.74) is 5.46. The Morgan fingerprint density at radius 3 is 2.29 bits per heavy atom. The van der Waals surface area contributed by atoms with Crippen LogP contribution in [-0.4, -0.2) is 26.3 Å². The van der Waals surface area contributed by atoms with E-state index in [0.717, 1.165) is 27.8 Å². The van der Waals surface area contributed by atoms with Gasteiger partial charge in [0.2, 0.25) is 11.6 Å². The maximum absolute atomic E-state index is 6.06. The van der Waals surface area contributed by atoms with Gasteiger partial charge in [0, 0.05) is 11.1 Å². The Bertz CT molecular complexity index is 1150. The molecular formula is C23H21NO4. The van der Waals surface area contributed by atoms with Crippen molar-refractivity contribution in [1.29, 1.82) is 0 Å². The Balaban J connectivity index is 1.84. The fraction of sp³-hybridized carbons (Fsp3) is 0.174. The predicted octanol–water partition coefficient (Wildman–Crippen LogP) is 5.50. The first-order valence-electron chi connectivity index (χ1n) is 8.92. The van der Waals surface area contributed by atoms with Crippen molar-refractivity contribution in [1.82, 2.24) is 4.98 Å². The van der Waals surface area contributed by atoms with E-state index in [-0.39, 0.29) is 0 Å². The van der Waals surface area contributed by atoms with Crippen LogP contribution in [0.2, 0.25) is 0 Å². The number of benzene rings is 3. The lowest BCUT2D eigenvalue weighted by atomic mass is 10.0. The van der Waals surface area contributed by atoms with Gasteiger partial charge in [-0.15, -0.1) is 0 Å². The lowest BCUT2D eigenvalue weighted by Gasteiger charge is -2.15. The second kappa shape index (κ2) is 7.27. The molecule has 0 saturated carbocycles. The largest absolute Gasteiger partial charge is 0.493 e. The van der Waals surface area contributed by atoms with Crippen molar-refractivity contribution in [3.8, 4) is 39.8 Å². The van der Waals surface area contributed by atoms with Crippen LogP contribution in [0.1, 0.15) is 5.56 Å². The number of fused-ring (bicyclic) bond motifs is 1. The minimum absolute atomic E-state index is 0.556. The van der Waals surface area contributed by atoms with Crippen molar-refractivity contribution in [2.24, 2.45) is 0 Å². The van der Waals surface area contributed by atoms with Crippen molar-refractivity contribution >= 4 is 11.1 Å². The second-order valence-electron chi connectivity index (χ2n) is 6.40. The minimum atomic E-state index is 0.556. The molecule has 5 heteroatoms. The van der Waals surface area contributed by atoms with Gasteiger partial charge in [-0.25, -0.2) is 4.98 Å². The van der Waals surface area contributed by atoms with Gasteiger partial charge in [-0.2, -0.15) is 0 Å². The highest BCUT2D eigenvalue weighted by Crippen LogP contribution is 2.44. The molecule has 5 nitrogen and oxygen atoms in total. The number of aryl methyl sites for hydroxylation is 1. The molecule has 0 aliphatic heterocycles. The fourth-order valence-corrected chi connectivity index (χ4v) is 3.35. The monoisotopic (exact) mass is 375 g/mol. The molecule has 0 fully saturated rings. The van der Waals surface area contributed by atoms with Crippen LogP contribution >= 0.6 is 0 Å². The summed E-state index contributed by atoms with van der Waals surface area (Å²) >= 11 is 0. The highest BCUT2D eigenvalue weighted by Gasteiger charge is 2.18. The summed E-state index contributed by atoms with van der Waals surface area (Å²) in [6.45, 7) is 2.05. The molecule has 1 aromatic heterocycles. The first kappa shape index (κ1) is 17.9. The number of nitrogens with zero attached hydrogens (tertiary/aromatic N) is 1. The number of hydrogen-bond acceptors (Lipinski definition) is 5. The number of hydrogen-bond donors (Lipinski definition) is 0. The molecule has 3 aromatic carbocycles. The number of methoxy groups -OCH3 is 3. The molecule has 0 unspecified atom stereocenters. The number of aromatic nitrogens is 1. The van der Waals surface area contributed by atoms with Crippen LogP contribution in [0.4, 0.5) is 0 Å². The van der Waals surface area contributed by atoms with Crippen LogP contribution in [0.15, 0.2) is 59.0 Å². The fourth-order valence-electron chi connectivity index (χ4n) is 3.35. The summed E-state index contributed by atoms with van der Waals surface area (Å²) in [7, 11) is 4.81. The van der Waals surface area contributed by atoms with Gasteiger partial charge in [0.15, 0.2) is 17.1 Å². The van der Waals surface area contributed by atoms with Crippen molar-refractivity contribution < 1.29 is 18.6 Å². The Hall–Kier alpha value is -3.47. The Kier molecular flexibility index (Phi) is 4.65. The van der Waals surface area contributed by atoms with Gasteiger partial charge in [0.1, 0.15) is 5.52 Å². The molecular weight excluding hydrogens is 354 g/mol. The Morgan fingerprint density at radius 1 is 0.786 bits per heavy atom. The van der Waals surface area contributed by atoms with Crippen LogP contribution in [0, 0.1) is 6.92 Å². The second-order valence-corrected chi connectivity index (χ2v) is 6.40. The molecule has 0 aliphatic rings. The van der Waals surface area contributed by atoms with E-state index in [1.165, 1.54) is 0 Å². The molecule has 0 radical (unpaired) electrons. The minimum Gasteiger partial charge on any atom is -0.493 e. The topological polar surface area (TPSA) is 53.7 Å². The molecule has 4 rings (SSSR count). The molecule has 0 amide bonds. The standard InChI is InChI=1S/C23H21NO4/c1-14-7-5-6-8-16(14)23-24-18-11-9-15(13-20(18)28-23)17-10-12-19(25-2)22(27-4)21(17)26-3/h5-13H,1-4H3. The van der Waals surface area contributed by atoms with Crippen LogP contribution in [0.5, 0.6) is 17.2 Å². The summed E-state index contributed by atoms with van der Waals surface area (Å²) < 4.78 is 22.5. The van der Waals surface area contributed by atoms with E-state index in [1.807, 2.05) is 61.5 Å². The summed E-state index contributed by atoms with van der Waals surface area (Å²) in [5, 5.41) is 0. The molecule has 0 aliphatic carbocycles. The smallest absolute Gasteiger partial charge is 0.227 e. The van der Waals surface area contributed by atoms with Crippen LogP contribution in [0.25, 0.3) is 33.7 Å². The zero-order chi connectivity index (χ0) is 19.7. The molecule has 0 atom stereocenters. The first-order valence-corrected chi connectivity index (χ1v) is 8.92. The molecule has 0 spiro atoms. The van der Waals surface area contributed by atoms with Gasteiger partial charge in [0.05, 0.1) is 21.3 Å². The Morgan fingerprint density at radius 2 is 1.57 bits per heavy atom. The lowest BCUT2D eigenvalue weighted by Crippen LogP contribution is -1.96. The molecule has 142 valence electrons. The molecule has 0 bridgehead atoms. The third-order valence-corrected chi connectivity index (χ3v) is 4.78. The van der Waals surface area contributed by atoms with E-state index in [1.54, 1.807) is 21.3 Å². The molecule has 28 heavy (non-hydrogen) atoms. The van der Waals surface area contributed by atoms with Gasteiger partial charge < -0.3 is 18.6 Å². The molecule has 0 N–H and O–H groups in total. The lowest BCUT2D eigenvalue weighted by molar-refractivity contribution is 0.325. The maximum Gasteiger partial charge on any atom is 0.227 e. The summed E-state index contributed by atoms with van der Waals surface area (Å²) in [4.78, 5) is 4.64. The van der Waals surface area contributed by atoms with Crippen LogP contribution in [-0.2, 0) is 0 Å². The normalized spacial score (nSPS) is 10.9. The van der Waals surface area contributed by atoms with E-state index in [0.29, 0.717) is 28.7 Å². The molecule has 0 saturated heterocycles. The summed E-state index contributed by atoms with van der Waals surface area (Å²) in [5.74, 6) is 2.40. The number of rotatable bonds is 5. The average Bonchev–Trinajstić information content (AvgIpc) is 3.15. The average molecular weight is 375 g/mol. The van der Waals surface area contributed by atoms with Crippen molar-refractivity contribution in [2.45, 2.75) is 6.92 Å². The number of oxazole rings is 1.